The number of nitrogens with zero attached hydrogens (tertiary/aromatic N) is 1. The molecule has 0 aromatic heterocycles. The van der Waals surface area contributed by atoms with Crippen molar-refractivity contribution < 1.29 is 9.59 Å². The monoisotopic (exact) mass is 424 g/mol. The average molecular weight is 425 g/mol. The van der Waals surface area contributed by atoms with Crippen molar-refractivity contribution in [3.63, 3.8) is 0 Å². The van der Waals surface area contributed by atoms with Gasteiger partial charge in [-0.15, -0.1) is 0 Å². The Bertz CT molecular complexity index is 1080. The Hall–Kier alpha value is -2.82. The van der Waals surface area contributed by atoms with Crippen molar-refractivity contribution in [1.29, 1.82) is 0 Å². The van der Waals surface area contributed by atoms with Crippen LogP contribution < -0.4 is 5.32 Å². The molecular weight excluding hydrogens is 407 g/mol. The molecule has 0 saturated heterocycles. The number of hydrogen-bond donors (Lipinski definition) is 1. The molecule has 0 unspecified atom stereocenters. The quantitative estimate of drug-likeness (QED) is 0.591. The molecule has 4 nitrogen and oxygen atoms in total. The number of hydrogen-bond acceptors (Lipinski definition) is 2. The summed E-state index contributed by atoms with van der Waals surface area (Å²) in [5.41, 5.74) is 3.86. The van der Waals surface area contributed by atoms with E-state index in [9.17, 15) is 9.59 Å². The highest BCUT2D eigenvalue weighted by Crippen LogP contribution is 2.37. The molecule has 0 saturated carbocycles. The summed E-state index contributed by atoms with van der Waals surface area (Å²) in [5.74, 6) is -0.567. The third-order valence-corrected chi connectivity index (χ3v) is 5.32. The number of anilines is 1. The first-order valence-electron chi connectivity index (χ1n) is 9.15. The maximum Gasteiger partial charge on any atom is 0.255 e. The van der Waals surface area contributed by atoms with Gasteiger partial charge in [-0.1, -0.05) is 71.2 Å². The summed E-state index contributed by atoms with van der Waals surface area (Å²) >= 11 is 12.2. The Morgan fingerprint density at radius 2 is 1.69 bits per heavy atom. The first-order valence-corrected chi connectivity index (χ1v) is 9.90. The minimum absolute atomic E-state index is 0.0870. The molecule has 29 heavy (non-hydrogen) atoms. The van der Waals surface area contributed by atoms with Crippen LogP contribution in [0.3, 0.4) is 0 Å². The lowest BCUT2D eigenvalue weighted by Gasteiger charge is -2.31. The highest BCUT2D eigenvalue weighted by molar-refractivity contribution is 6.35. The summed E-state index contributed by atoms with van der Waals surface area (Å²) in [7, 11) is 0. The van der Waals surface area contributed by atoms with Crippen LogP contribution >= 0.6 is 23.2 Å². The predicted molar refractivity (Wildman–Crippen MR) is 116 cm³/mol. The lowest BCUT2D eigenvalue weighted by Crippen LogP contribution is -2.39. The molecule has 3 aromatic rings. The average Bonchev–Trinajstić information content (AvgIpc) is 2.83. The number of carbonyl (C=O) groups is 2. The van der Waals surface area contributed by atoms with Gasteiger partial charge in [-0.2, -0.15) is 0 Å². The molecule has 0 bridgehead atoms. The van der Waals surface area contributed by atoms with Crippen LogP contribution in [0.25, 0.3) is 0 Å². The zero-order valence-electron chi connectivity index (χ0n) is 15.7. The van der Waals surface area contributed by atoms with E-state index in [1.807, 2.05) is 55.5 Å². The first kappa shape index (κ1) is 19.5. The molecule has 1 N–H and O–H groups in total. The number of amides is 2. The van der Waals surface area contributed by atoms with Crippen LogP contribution in [-0.2, 0) is 4.79 Å². The Balaban J connectivity index is 1.90. The van der Waals surface area contributed by atoms with Crippen molar-refractivity contribution in [2.45, 2.75) is 13.0 Å². The number of benzene rings is 3. The molecule has 6 heteroatoms. The van der Waals surface area contributed by atoms with Gasteiger partial charge in [0.25, 0.3) is 5.91 Å². The van der Waals surface area contributed by atoms with Gasteiger partial charge in [0, 0.05) is 26.9 Å². The zero-order valence-corrected chi connectivity index (χ0v) is 17.2. The molecule has 1 atom stereocenters. The van der Waals surface area contributed by atoms with Crippen LogP contribution in [0.4, 0.5) is 5.69 Å². The molecule has 1 heterocycles. The van der Waals surface area contributed by atoms with Crippen LogP contribution in [0.2, 0.25) is 10.0 Å². The summed E-state index contributed by atoms with van der Waals surface area (Å²) in [4.78, 5) is 27.7. The molecule has 0 radical (unpaired) electrons. The third-order valence-electron chi connectivity index (χ3n) is 4.89. The van der Waals surface area contributed by atoms with Crippen LogP contribution in [0.15, 0.2) is 66.7 Å². The zero-order chi connectivity index (χ0) is 20.5. The van der Waals surface area contributed by atoms with Crippen LogP contribution in [0.5, 0.6) is 0 Å². The summed E-state index contributed by atoms with van der Waals surface area (Å²) in [6, 6.07) is 19.8. The van der Waals surface area contributed by atoms with Crippen molar-refractivity contribution >= 4 is 40.7 Å². The number of aryl methyl sites for hydroxylation is 1. The molecule has 146 valence electrons. The summed E-state index contributed by atoms with van der Waals surface area (Å²) in [6.07, 6.45) is 0. The van der Waals surface area contributed by atoms with E-state index in [0.717, 1.165) is 16.7 Å². The van der Waals surface area contributed by atoms with E-state index in [1.54, 1.807) is 23.1 Å². The van der Waals surface area contributed by atoms with Gasteiger partial charge in [0.05, 0.1) is 6.04 Å². The van der Waals surface area contributed by atoms with E-state index in [1.165, 1.54) is 0 Å². The van der Waals surface area contributed by atoms with Crippen LogP contribution in [-0.4, -0.2) is 23.3 Å². The van der Waals surface area contributed by atoms with E-state index in [2.05, 4.69) is 5.32 Å². The largest absolute Gasteiger partial charge is 0.324 e. The second kappa shape index (κ2) is 7.90. The van der Waals surface area contributed by atoms with Crippen molar-refractivity contribution in [3.8, 4) is 0 Å². The van der Waals surface area contributed by atoms with E-state index in [4.69, 9.17) is 23.2 Å². The molecule has 4 rings (SSSR count). The Morgan fingerprint density at radius 3 is 2.38 bits per heavy atom. The lowest BCUT2D eigenvalue weighted by molar-refractivity contribution is -0.117. The molecule has 1 aliphatic heterocycles. The minimum Gasteiger partial charge on any atom is -0.324 e. The van der Waals surface area contributed by atoms with E-state index in [0.29, 0.717) is 21.3 Å². The number of rotatable bonds is 2. The summed E-state index contributed by atoms with van der Waals surface area (Å²) in [5, 5.41) is 3.66. The van der Waals surface area contributed by atoms with Gasteiger partial charge in [0.15, 0.2) is 0 Å². The fourth-order valence-electron chi connectivity index (χ4n) is 3.65. The van der Waals surface area contributed by atoms with E-state index >= 15 is 0 Å². The molecule has 2 amide bonds. The SMILES string of the molecule is Cc1ccc2c(c1)[C@@H](c1ccccc1)N(C(=O)c1cc(Cl)cc(Cl)c1)CC(=O)N2. The van der Waals surface area contributed by atoms with Crippen LogP contribution in [0.1, 0.15) is 33.1 Å². The topological polar surface area (TPSA) is 49.4 Å². The number of nitrogens with one attached hydrogen (secondary N) is 1. The fourth-order valence-corrected chi connectivity index (χ4v) is 4.18. The number of carbonyl (C=O) groups excluding carboxylic acids is 2. The fraction of sp³-hybridized carbons (Fsp3) is 0.130. The van der Waals surface area contributed by atoms with Gasteiger partial charge in [-0.3, -0.25) is 9.59 Å². The first-order chi connectivity index (χ1) is 13.9. The third kappa shape index (κ3) is 4.00. The lowest BCUT2D eigenvalue weighted by atomic mass is 9.94. The van der Waals surface area contributed by atoms with Gasteiger partial charge in [0.1, 0.15) is 6.54 Å². The maximum absolute atomic E-state index is 13.5. The molecule has 3 aromatic carbocycles. The second-order valence-corrected chi connectivity index (χ2v) is 7.92. The van der Waals surface area contributed by atoms with Crippen molar-refractivity contribution in [3.05, 3.63) is 99.0 Å². The predicted octanol–water partition coefficient (Wildman–Crippen LogP) is 5.49. The molecule has 1 aliphatic rings. The van der Waals surface area contributed by atoms with E-state index < -0.39 is 6.04 Å². The van der Waals surface area contributed by atoms with Gasteiger partial charge in [-0.05, 0) is 36.8 Å². The van der Waals surface area contributed by atoms with Gasteiger partial charge < -0.3 is 10.2 Å². The smallest absolute Gasteiger partial charge is 0.255 e. The number of halogens is 2. The second-order valence-electron chi connectivity index (χ2n) is 7.04. The van der Waals surface area contributed by atoms with Crippen LogP contribution in [0, 0.1) is 6.92 Å². The standard InChI is InChI=1S/C23H18Cl2N2O2/c1-14-7-8-20-19(9-14)22(15-5-3-2-4-6-15)27(13-21(28)26-20)23(29)16-10-17(24)12-18(25)11-16/h2-12,22H,13H2,1H3,(H,26,28)/t22-/m1/s1. The van der Waals surface area contributed by atoms with E-state index in [-0.39, 0.29) is 18.4 Å². The van der Waals surface area contributed by atoms with Crippen molar-refractivity contribution in [2.75, 3.05) is 11.9 Å². The summed E-state index contributed by atoms with van der Waals surface area (Å²) in [6.45, 7) is 1.90. The highest BCUT2D eigenvalue weighted by Gasteiger charge is 2.34. The Morgan fingerprint density at radius 1 is 1.00 bits per heavy atom. The van der Waals surface area contributed by atoms with Gasteiger partial charge >= 0.3 is 0 Å². The molecular formula is C23H18Cl2N2O2. The van der Waals surface area contributed by atoms with Crippen molar-refractivity contribution in [2.24, 2.45) is 0 Å². The minimum atomic E-state index is -0.435. The Kier molecular flexibility index (Phi) is 5.31. The number of fused-ring (bicyclic) bond motifs is 1. The molecule has 0 aliphatic carbocycles. The molecule has 0 fully saturated rings. The maximum atomic E-state index is 13.5. The normalized spacial score (nSPS) is 16.0. The molecule has 0 spiro atoms. The Labute approximate surface area is 179 Å². The van der Waals surface area contributed by atoms with Gasteiger partial charge in [-0.25, -0.2) is 0 Å². The van der Waals surface area contributed by atoms with Crippen molar-refractivity contribution in [1.82, 2.24) is 4.90 Å². The highest BCUT2D eigenvalue weighted by atomic mass is 35.5. The van der Waals surface area contributed by atoms with Gasteiger partial charge in [0.2, 0.25) is 5.91 Å². The summed E-state index contributed by atoms with van der Waals surface area (Å²) < 4.78 is 0.